The van der Waals surface area contributed by atoms with Crippen LogP contribution in [0.5, 0.6) is 5.75 Å². The van der Waals surface area contributed by atoms with Crippen molar-refractivity contribution in [1.82, 2.24) is 14.1 Å². The summed E-state index contributed by atoms with van der Waals surface area (Å²) in [5, 5.41) is 0. The molecule has 2 aromatic heterocycles. The number of carbonyl (C=O) groups is 1. The lowest BCUT2D eigenvalue weighted by molar-refractivity contribution is 0.0975. The topological polar surface area (TPSA) is 89.8 Å². The third-order valence-corrected chi connectivity index (χ3v) is 4.62. The summed E-state index contributed by atoms with van der Waals surface area (Å²) in [4.78, 5) is 16.2. The Morgan fingerprint density at radius 3 is 2.61 bits per heavy atom. The Morgan fingerprint density at radius 2 is 1.91 bits per heavy atom. The van der Waals surface area contributed by atoms with E-state index in [1.54, 1.807) is 18.3 Å². The number of hydrogen-bond acceptors (Lipinski definition) is 5. The van der Waals surface area contributed by atoms with Crippen LogP contribution < -0.4 is 9.46 Å². The average Bonchev–Trinajstić information content (AvgIpc) is 3.03. The van der Waals surface area contributed by atoms with E-state index in [1.807, 2.05) is 0 Å². The first-order chi connectivity index (χ1) is 11.0. The molecule has 0 unspecified atom stereocenters. The third kappa shape index (κ3) is 2.88. The number of rotatable bonds is 4. The van der Waals surface area contributed by atoms with E-state index >= 15 is 0 Å². The number of aromatic nitrogens is 2. The highest BCUT2D eigenvalue weighted by Gasteiger charge is 2.20. The molecule has 1 aromatic carbocycles. The highest BCUT2D eigenvalue weighted by atomic mass is 32.2. The quantitative estimate of drug-likeness (QED) is 0.782. The van der Waals surface area contributed by atoms with Gasteiger partial charge in [0.25, 0.3) is 15.9 Å². The lowest BCUT2D eigenvalue weighted by Gasteiger charge is -2.09. The fourth-order valence-corrected chi connectivity index (χ4v) is 3.08. The Labute approximate surface area is 132 Å². The summed E-state index contributed by atoms with van der Waals surface area (Å²) in [6.45, 7) is 0. The zero-order chi connectivity index (χ0) is 16.4. The fraction of sp³-hybridized carbons (Fsp3) is 0.0667. The molecule has 0 atom stereocenters. The molecule has 2 heterocycles. The van der Waals surface area contributed by atoms with Gasteiger partial charge in [0.05, 0.1) is 30.0 Å². The molecule has 3 rings (SSSR count). The van der Waals surface area contributed by atoms with Crippen molar-refractivity contribution >= 4 is 21.4 Å². The van der Waals surface area contributed by atoms with Crippen LogP contribution >= 0.6 is 0 Å². The van der Waals surface area contributed by atoms with Gasteiger partial charge in [-0.1, -0.05) is 6.07 Å². The summed E-state index contributed by atoms with van der Waals surface area (Å²) in [5.74, 6) is -0.206. The summed E-state index contributed by atoms with van der Waals surface area (Å²) in [7, 11) is -2.49. The van der Waals surface area contributed by atoms with Crippen LogP contribution in [0, 0.1) is 0 Å². The lowest BCUT2D eigenvalue weighted by Crippen LogP contribution is -2.31. The van der Waals surface area contributed by atoms with E-state index in [2.05, 4.69) is 9.71 Å². The van der Waals surface area contributed by atoms with Gasteiger partial charge in [0, 0.05) is 0 Å². The molecule has 0 saturated heterocycles. The molecule has 118 valence electrons. The number of benzene rings is 1. The van der Waals surface area contributed by atoms with Crippen molar-refractivity contribution in [3.63, 3.8) is 0 Å². The number of carbonyl (C=O) groups excluding carboxylic acids is 1. The molecule has 1 amide bonds. The molecule has 0 fully saturated rings. The van der Waals surface area contributed by atoms with Gasteiger partial charge in [0.1, 0.15) is 11.4 Å². The summed E-state index contributed by atoms with van der Waals surface area (Å²) in [6, 6.07) is 10.7. The second-order valence-corrected chi connectivity index (χ2v) is 6.39. The van der Waals surface area contributed by atoms with Gasteiger partial charge in [0.2, 0.25) is 0 Å². The maximum atomic E-state index is 12.3. The highest BCUT2D eigenvalue weighted by molar-refractivity contribution is 7.90. The predicted molar refractivity (Wildman–Crippen MR) is 82.8 cm³/mol. The average molecular weight is 331 g/mol. The minimum absolute atomic E-state index is 0.0237. The number of sulfonamides is 1. The number of imidazole rings is 1. The molecule has 0 aliphatic heterocycles. The first-order valence-corrected chi connectivity index (χ1v) is 8.12. The van der Waals surface area contributed by atoms with E-state index in [0.29, 0.717) is 11.3 Å². The summed E-state index contributed by atoms with van der Waals surface area (Å²) in [6.07, 6.45) is 3.03. The van der Waals surface area contributed by atoms with E-state index < -0.39 is 15.9 Å². The number of hydrogen-bond donors (Lipinski definition) is 1. The fourth-order valence-electron chi connectivity index (χ4n) is 2.12. The maximum absolute atomic E-state index is 12.3. The molecule has 0 aliphatic carbocycles. The van der Waals surface area contributed by atoms with E-state index in [0.717, 1.165) is 0 Å². The van der Waals surface area contributed by atoms with Crippen LogP contribution in [-0.2, 0) is 10.0 Å². The van der Waals surface area contributed by atoms with E-state index in [4.69, 9.17) is 4.74 Å². The van der Waals surface area contributed by atoms with Gasteiger partial charge in [-0.25, -0.2) is 18.1 Å². The van der Waals surface area contributed by atoms with E-state index in [1.165, 1.54) is 48.2 Å². The van der Waals surface area contributed by atoms with Gasteiger partial charge in [-0.15, -0.1) is 0 Å². The van der Waals surface area contributed by atoms with Crippen LogP contribution in [0.4, 0.5) is 0 Å². The molecular weight excluding hydrogens is 318 g/mol. The largest absolute Gasteiger partial charge is 0.497 e. The Balaban J connectivity index is 1.90. The minimum atomic E-state index is -3.97. The minimum Gasteiger partial charge on any atom is -0.497 e. The van der Waals surface area contributed by atoms with Crippen molar-refractivity contribution < 1.29 is 17.9 Å². The predicted octanol–water partition coefficient (Wildman–Crippen LogP) is 1.46. The van der Waals surface area contributed by atoms with E-state index in [9.17, 15) is 13.2 Å². The van der Waals surface area contributed by atoms with Gasteiger partial charge in [0.15, 0.2) is 0 Å². The Bertz CT molecular complexity index is 962. The molecule has 0 spiro atoms. The zero-order valence-electron chi connectivity index (χ0n) is 12.1. The number of fused-ring (bicyclic) bond motifs is 1. The van der Waals surface area contributed by atoms with Crippen LogP contribution in [-0.4, -0.2) is 30.8 Å². The number of nitrogens with zero attached hydrogens (tertiary/aromatic N) is 2. The first-order valence-electron chi connectivity index (χ1n) is 6.63. The Hall–Kier alpha value is -2.87. The summed E-state index contributed by atoms with van der Waals surface area (Å²) in [5.41, 5.74) is 0.872. The van der Waals surface area contributed by atoms with Crippen molar-refractivity contribution in [3.8, 4) is 5.75 Å². The van der Waals surface area contributed by atoms with Gasteiger partial charge < -0.3 is 4.74 Å². The van der Waals surface area contributed by atoms with Crippen LogP contribution in [0.3, 0.4) is 0 Å². The Kier molecular flexibility index (Phi) is 3.75. The molecule has 0 bridgehead atoms. The smallest absolute Gasteiger partial charge is 0.282 e. The summed E-state index contributed by atoms with van der Waals surface area (Å²) >= 11 is 0. The van der Waals surface area contributed by atoms with Crippen LogP contribution in [0.15, 0.2) is 59.9 Å². The maximum Gasteiger partial charge on any atom is 0.282 e. The second kappa shape index (κ2) is 5.73. The molecule has 0 aliphatic rings. The van der Waals surface area contributed by atoms with Crippen molar-refractivity contribution in [2.75, 3.05) is 7.11 Å². The monoisotopic (exact) mass is 331 g/mol. The van der Waals surface area contributed by atoms with Crippen molar-refractivity contribution in [2.45, 2.75) is 4.90 Å². The third-order valence-electron chi connectivity index (χ3n) is 3.28. The number of nitrogens with one attached hydrogen (secondary N) is 1. The van der Waals surface area contributed by atoms with Crippen molar-refractivity contribution in [1.29, 1.82) is 0 Å². The van der Waals surface area contributed by atoms with Crippen LogP contribution in [0.1, 0.15) is 10.5 Å². The SMILES string of the molecule is COc1ccc(S(=O)(=O)NC(=O)c2cccc3cncn23)cc1. The normalized spacial score (nSPS) is 11.3. The molecule has 3 aromatic rings. The standard InChI is InChI=1S/C15H13N3O4S/c1-22-12-5-7-13(8-6-12)23(20,21)17-15(19)14-4-2-3-11-9-16-10-18(11)14/h2-10H,1H3,(H,17,19). The lowest BCUT2D eigenvalue weighted by atomic mass is 10.3. The molecule has 7 nitrogen and oxygen atoms in total. The van der Waals surface area contributed by atoms with Crippen molar-refractivity contribution in [2.24, 2.45) is 0 Å². The number of amides is 1. The zero-order valence-corrected chi connectivity index (χ0v) is 12.9. The van der Waals surface area contributed by atoms with Gasteiger partial charge in [-0.05, 0) is 36.4 Å². The van der Waals surface area contributed by atoms with Crippen molar-refractivity contribution in [3.05, 3.63) is 60.7 Å². The molecule has 0 radical (unpaired) electrons. The number of ether oxygens (including phenoxy) is 1. The molecular formula is C15H13N3O4S. The highest BCUT2D eigenvalue weighted by Crippen LogP contribution is 2.16. The molecule has 1 N–H and O–H groups in total. The molecule has 0 saturated carbocycles. The molecule has 8 heteroatoms. The van der Waals surface area contributed by atoms with E-state index in [-0.39, 0.29) is 10.6 Å². The van der Waals surface area contributed by atoms with Crippen LogP contribution in [0.25, 0.3) is 5.52 Å². The first kappa shape index (κ1) is 15.0. The number of pyridine rings is 1. The summed E-state index contributed by atoms with van der Waals surface area (Å²) < 4.78 is 33.1. The van der Waals surface area contributed by atoms with Gasteiger partial charge in [-0.2, -0.15) is 0 Å². The van der Waals surface area contributed by atoms with Crippen LogP contribution in [0.2, 0.25) is 0 Å². The molecule has 23 heavy (non-hydrogen) atoms. The Morgan fingerprint density at radius 1 is 1.17 bits per heavy atom. The van der Waals surface area contributed by atoms with Gasteiger partial charge in [-0.3, -0.25) is 9.20 Å². The number of methoxy groups -OCH3 is 1. The van der Waals surface area contributed by atoms with Gasteiger partial charge >= 0.3 is 0 Å². The second-order valence-electron chi connectivity index (χ2n) is 4.71.